The monoisotopic (exact) mass is 459 g/mol. The van der Waals surface area contributed by atoms with E-state index >= 15 is 0 Å². The minimum Gasteiger partial charge on any atom is -0.504 e. The van der Waals surface area contributed by atoms with Crippen LogP contribution in [0.4, 0.5) is 4.79 Å². The Hall–Kier alpha value is -4.00. The number of aliphatic carboxylic acids is 1. The van der Waals surface area contributed by atoms with E-state index in [9.17, 15) is 19.8 Å². The molecule has 0 saturated heterocycles. The van der Waals surface area contributed by atoms with E-state index in [0.29, 0.717) is 24.3 Å². The minimum atomic E-state index is -1.04. The van der Waals surface area contributed by atoms with Crippen LogP contribution in [0, 0.1) is 0 Å². The van der Waals surface area contributed by atoms with Crippen LogP contribution >= 0.6 is 0 Å². The summed E-state index contributed by atoms with van der Waals surface area (Å²) >= 11 is 0. The van der Waals surface area contributed by atoms with Crippen LogP contribution in [-0.4, -0.2) is 47.4 Å². The fraction of sp³-hybridized carbons (Fsp3) is 0.259. The van der Waals surface area contributed by atoms with Crippen molar-refractivity contribution >= 4 is 12.1 Å². The third-order valence-electron chi connectivity index (χ3n) is 6.74. The maximum atomic E-state index is 13.2. The molecule has 3 aromatic rings. The molecule has 0 fully saturated rings. The second-order valence-corrected chi connectivity index (χ2v) is 8.58. The summed E-state index contributed by atoms with van der Waals surface area (Å²) in [4.78, 5) is 26.3. The third kappa shape index (κ3) is 3.73. The number of carbonyl (C=O) groups is 2. The summed E-state index contributed by atoms with van der Waals surface area (Å²) in [7, 11) is 1.46. The molecular weight excluding hydrogens is 434 g/mol. The molecule has 3 aromatic carbocycles. The number of phenolic OH excluding ortho intramolecular Hbond substituents is 1. The van der Waals surface area contributed by atoms with Crippen molar-refractivity contribution in [2.45, 2.75) is 24.8 Å². The van der Waals surface area contributed by atoms with Gasteiger partial charge in [0.05, 0.1) is 19.6 Å². The molecule has 0 radical (unpaired) electrons. The van der Waals surface area contributed by atoms with Crippen LogP contribution < -0.4 is 4.74 Å². The lowest BCUT2D eigenvalue weighted by molar-refractivity contribution is -0.138. The van der Waals surface area contributed by atoms with Crippen LogP contribution in [0.5, 0.6) is 11.5 Å². The van der Waals surface area contributed by atoms with Gasteiger partial charge >= 0.3 is 12.1 Å². The van der Waals surface area contributed by atoms with Gasteiger partial charge < -0.3 is 24.6 Å². The van der Waals surface area contributed by atoms with Gasteiger partial charge in [-0.3, -0.25) is 4.79 Å². The number of hydrogen-bond donors (Lipinski definition) is 2. The number of aromatic hydroxyl groups is 1. The SMILES string of the molecule is COc1cc2c(cc1O)C(CC(=O)O)N(C(=O)OCC1c3ccccc3-c3ccccc31)CC2. The number of ether oxygens (including phenoxy) is 2. The van der Waals surface area contributed by atoms with Gasteiger partial charge in [-0.15, -0.1) is 0 Å². The Morgan fingerprint density at radius 3 is 2.26 bits per heavy atom. The maximum Gasteiger partial charge on any atom is 0.410 e. The predicted octanol–water partition coefficient (Wildman–Crippen LogP) is 4.72. The van der Waals surface area contributed by atoms with E-state index in [1.54, 1.807) is 6.07 Å². The standard InChI is InChI=1S/C27H25NO6/c1-33-25-12-16-10-11-28(23(14-26(30)31)21(16)13-24(25)29)27(32)34-15-22-19-8-4-2-6-17(19)18-7-3-5-9-20(18)22/h2-9,12-13,22-23,29H,10-11,14-15H2,1H3,(H,30,31). The zero-order chi connectivity index (χ0) is 23.8. The van der Waals surface area contributed by atoms with E-state index in [1.165, 1.54) is 18.1 Å². The number of carboxylic acid groups (broad SMARTS) is 1. The van der Waals surface area contributed by atoms with Crippen molar-refractivity contribution in [3.05, 3.63) is 82.9 Å². The zero-order valence-corrected chi connectivity index (χ0v) is 18.7. The highest BCUT2D eigenvalue weighted by atomic mass is 16.6. The second-order valence-electron chi connectivity index (χ2n) is 8.58. The highest BCUT2D eigenvalue weighted by molar-refractivity contribution is 5.79. The molecule has 2 aliphatic rings. The van der Waals surface area contributed by atoms with Crippen molar-refractivity contribution in [1.82, 2.24) is 4.90 Å². The smallest absolute Gasteiger partial charge is 0.410 e. The molecule has 1 heterocycles. The molecular formula is C27H25NO6. The molecule has 0 bridgehead atoms. The summed E-state index contributed by atoms with van der Waals surface area (Å²) in [5, 5.41) is 19.8. The average Bonchev–Trinajstić information content (AvgIpc) is 3.16. The van der Waals surface area contributed by atoms with Crippen molar-refractivity contribution in [3.8, 4) is 22.6 Å². The van der Waals surface area contributed by atoms with Crippen molar-refractivity contribution in [2.24, 2.45) is 0 Å². The molecule has 7 nitrogen and oxygen atoms in total. The first-order valence-electron chi connectivity index (χ1n) is 11.2. The summed E-state index contributed by atoms with van der Waals surface area (Å²) < 4.78 is 11.0. The summed E-state index contributed by atoms with van der Waals surface area (Å²) in [5.74, 6) is -0.891. The fourth-order valence-corrected chi connectivity index (χ4v) is 5.16. The van der Waals surface area contributed by atoms with Gasteiger partial charge in [-0.25, -0.2) is 4.79 Å². The average molecular weight is 459 g/mol. The van der Waals surface area contributed by atoms with E-state index in [0.717, 1.165) is 27.8 Å². The molecule has 2 N–H and O–H groups in total. The van der Waals surface area contributed by atoms with Crippen LogP contribution in [0.3, 0.4) is 0 Å². The van der Waals surface area contributed by atoms with E-state index < -0.39 is 18.1 Å². The lowest BCUT2D eigenvalue weighted by atomic mass is 9.90. The summed E-state index contributed by atoms with van der Waals surface area (Å²) in [6.07, 6.45) is -0.344. The molecule has 174 valence electrons. The minimum absolute atomic E-state index is 0.0837. The molecule has 0 spiro atoms. The number of methoxy groups -OCH3 is 1. The van der Waals surface area contributed by atoms with Crippen LogP contribution in [-0.2, 0) is 16.0 Å². The first-order valence-corrected chi connectivity index (χ1v) is 11.2. The van der Waals surface area contributed by atoms with Gasteiger partial charge in [0.15, 0.2) is 11.5 Å². The second kappa shape index (κ2) is 8.74. The number of nitrogens with zero attached hydrogens (tertiary/aromatic N) is 1. The molecule has 1 aliphatic heterocycles. The normalized spacial score (nSPS) is 16.4. The largest absolute Gasteiger partial charge is 0.504 e. The molecule has 0 aromatic heterocycles. The van der Waals surface area contributed by atoms with Crippen LogP contribution in [0.15, 0.2) is 60.7 Å². The number of rotatable bonds is 5. The number of amides is 1. The Labute approximate surface area is 197 Å². The zero-order valence-electron chi connectivity index (χ0n) is 18.7. The molecule has 5 rings (SSSR count). The highest BCUT2D eigenvalue weighted by Crippen LogP contribution is 2.45. The Kier molecular flexibility index (Phi) is 5.61. The molecule has 34 heavy (non-hydrogen) atoms. The van der Waals surface area contributed by atoms with Gasteiger partial charge in [0.25, 0.3) is 0 Å². The van der Waals surface area contributed by atoms with E-state index in [1.807, 2.05) is 36.4 Å². The van der Waals surface area contributed by atoms with Crippen molar-refractivity contribution in [3.63, 3.8) is 0 Å². The first-order chi connectivity index (χ1) is 16.5. The molecule has 1 amide bonds. The Balaban J connectivity index is 1.39. The fourth-order valence-electron chi connectivity index (χ4n) is 5.16. The van der Waals surface area contributed by atoms with E-state index in [2.05, 4.69) is 12.1 Å². The van der Waals surface area contributed by atoms with Crippen molar-refractivity contribution < 1.29 is 29.3 Å². The third-order valence-corrected chi connectivity index (χ3v) is 6.74. The van der Waals surface area contributed by atoms with Gasteiger partial charge in [-0.05, 0) is 51.9 Å². The molecule has 1 unspecified atom stereocenters. The Bertz CT molecular complexity index is 1220. The lowest BCUT2D eigenvalue weighted by Crippen LogP contribution is -2.41. The molecule has 1 atom stereocenters. The Morgan fingerprint density at radius 2 is 1.65 bits per heavy atom. The van der Waals surface area contributed by atoms with Gasteiger partial charge in [-0.2, -0.15) is 0 Å². The number of carboxylic acids is 1. The molecule has 0 saturated carbocycles. The van der Waals surface area contributed by atoms with E-state index in [-0.39, 0.29) is 24.7 Å². The summed E-state index contributed by atoms with van der Waals surface area (Å²) in [6, 6.07) is 18.6. The first kappa shape index (κ1) is 21.8. The van der Waals surface area contributed by atoms with Gasteiger partial charge in [0.2, 0.25) is 0 Å². The highest BCUT2D eigenvalue weighted by Gasteiger charge is 2.36. The molecule has 1 aliphatic carbocycles. The van der Waals surface area contributed by atoms with E-state index in [4.69, 9.17) is 9.47 Å². The van der Waals surface area contributed by atoms with Gasteiger partial charge in [0.1, 0.15) is 6.61 Å². The maximum absolute atomic E-state index is 13.2. The number of carbonyl (C=O) groups excluding carboxylic acids is 1. The number of benzene rings is 3. The van der Waals surface area contributed by atoms with Crippen LogP contribution in [0.2, 0.25) is 0 Å². The van der Waals surface area contributed by atoms with Crippen LogP contribution in [0.25, 0.3) is 11.1 Å². The van der Waals surface area contributed by atoms with Gasteiger partial charge in [0, 0.05) is 12.5 Å². The van der Waals surface area contributed by atoms with Crippen molar-refractivity contribution in [1.29, 1.82) is 0 Å². The van der Waals surface area contributed by atoms with Crippen molar-refractivity contribution in [2.75, 3.05) is 20.3 Å². The number of fused-ring (bicyclic) bond motifs is 4. The Morgan fingerprint density at radius 1 is 1.00 bits per heavy atom. The summed E-state index contributed by atoms with van der Waals surface area (Å²) in [6.45, 7) is 0.472. The predicted molar refractivity (Wildman–Crippen MR) is 125 cm³/mol. The lowest BCUT2D eigenvalue weighted by Gasteiger charge is -2.36. The van der Waals surface area contributed by atoms with Gasteiger partial charge in [-0.1, -0.05) is 48.5 Å². The number of phenols is 1. The van der Waals surface area contributed by atoms with Crippen LogP contribution in [0.1, 0.15) is 40.6 Å². The summed E-state index contributed by atoms with van der Waals surface area (Å²) in [5.41, 5.74) is 5.95. The quantitative estimate of drug-likeness (QED) is 0.573. The number of hydrogen-bond acceptors (Lipinski definition) is 5. The molecule has 7 heteroatoms. The topological polar surface area (TPSA) is 96.3 Å².